The standard InChI is InChI=1S/C20H18F3N3O2/c21-20(22,23)28-17-9-5-4-8-16(17)25-18(27)26-12-10-19(14-24,11-13-26)15-6-2-1-3-7-15/h1-9H,10-13H2,(H,25,27). The van der Waals surface area contributed by atoms with Gasteiger partial charge in [-0.15, -0.1) is 13.2 Å². The molecule has 0 unspecified atom stereocenters. The summed E-state index contributed by atoms with van der Waals surface area (Å²) in [6, 6.07) is 16.6. The number of nitrogens with zero attached hydrogens (tertiary/aromatic N) is 2. The van der Waals surface area contributed by atoms with Crippen molar-refractivity contribution in [1.29, 1.82) is 5.26 Å². The van der Waals surface area contributed by atoms with E-state index in [-0.39, 0.29) is 5.69 Å². The summed E-state index contributed by atoms with van der Waals surface area (Å²) in [5.74, 6) is -0.476. The first-order chi connectivity index (χ1) is 13.3. The van der Waals surface area contributed by atoms with E-state index in [2.05, 4.69) is 16.1 Å². The van der Waals surface area contributed by atoms with Crippen molar-refractivity contribution in [1.82, 2.24) is 4.90 Å². The van der Waals surface area contributed by atoms with Crippen LogP contribution in [0, 0.1) is 11.3 Å². The van der Waals surface area contributed by atoms with E-state index in [1.54, 1.807) is 0 Å². The first-order valence-electron chi connectivity index (χ1n) is 8.70. The average Bonchev–Trinajstić information content (AvgIpc) is 2.69. The summed E-state index contributed by atoms with van der Waals surface area (Å²) in [6.07, 6.45) is -3.96. The Morgan fingerprint density at radius 1 is 1.07 bits per heavy atom. The van der Waals surface area contributed by atoms with Gasteiger partial charge < -0.3 is 15.0 Å². The highest BCUT2D eigenvalue weighted by molar-refractivity contribution is 5.91. The first-order valence-corrected chi connectivity index (χ1v) is 8.70. The number of nitrogens with one attached hydrogen (secondary N) is 1. The van der Waals surface area contributed by atoms with E-state index in [1.807, 2.05) is 30.3 Å². The number of rotatable bonds is 3. The first kappa shape index (κ1) is 19.5. The lowest BCUT2D eigenvalue weighted by Gasteiger charge is -2.37. The number of anilines is 1. The fourth-order valence-electron chi connectivity index (χ4n) is 3.29. The van der Waals surface area contributed by atoms with E-state index in [0.29, 0.717) is 25.9 Å². The van der Waals surface area contributed by atoms with Crippen LogP contribution in [0.15, 0.2) is 54.6 Å². The van der Waals surface area contributed by atoms with Gasteiger partial charge in [0.1, 0.15) is 0 Å². The lowest BCUT2D eigenvalue weighted by atomic mass is 9.74. The third-order valence-corrected chi connectivity index (χ3v) is 4.80. The Morgan fingerprint density at radius 3 is 2.29 bits per heavy atom. The van der Waals surface area contributed by atoms with Crippen LogP contribution in [0.25, 0.3) is 0 Å². The molecule has 0 spiro atoms. The predicted molar refractivity (Wildman–Crippen MR) is 96.7 cm³/mol. The summed E-state index contributed by atoms with van der Waals surface area (Å²) in [5, 5.41) is 12.2. The summed E-state index contributed by atoms with van der Waals surface area (Å²) in [5.41, 5.74) is 0.168. The van der Waals surface area contributed by atoms with E-state index < -0.39 is 23.6 Å². The molecule has 1 fully saturated rings. The van der Waals surface area contributed by atoms with Crippen LogP contribution in [0.4, 0.5) is 23.7 Å². The minimum Gasteiger partial charge on any atom is -0.404 e. The van der Waals surface area contributed by atoms with Crippen LogP contribution in [0.1, 0.15) is 18.4 Å². The van der Waals surface area contributed by atoms with Gasteiger partial charge in [0, 0.05) is 13.1 Å². The minimum absolute atomic E-state index is 0.0648. The number of para-hydroxylation sites is 2. The normalized spacial score (nSPS) is 16.1. The Hall–Kier alpha value is -3.21. The van der Waals surface area contributed by atoms with Crippen LogP contribution < -0.4 is 10.1 Å². The zero-order valence-electron chi connectivity index (χ0n) is 14.9. The zero-order chi connectivity index (χ0) is 20.2. The molecule has 1 saturated heterocycles. The highest BCUT2D eigenvalue weighted by Gasteiger charge is 2.38. The number of hydrogen-bond acceptors (Lipinski definition) is 3. The Kier molecular flexibility index (Phi) is 5.45. The molecule has 0 atom stereocenters. The van der Waals surface area contributed by atoms with Crippen LogP contribution in [0.3, 0.4) is 0 Å². The molecule has 1 aliphatic heterocycles. The number of carbonyl (C=O) groups is 1. The molecule has 2 aromatic rings. The molecular formula is C20H18F3N3O2. The van der Waals surface area contributed by atoms with Crippen molar-refractivity contribution in [3.8, 4) is 11.8 Å². The molecule has 1 heterocycles. The smallest absolute Gasteiger partial charge is 0.404 e. The summed E-state index contributed by atoms with van der Waals surface area (Å²) in [6.45, 7) is 0.632. The lowest BCUT2D eigenvalue weighted by molar-refractivity contribution is -0.274. The molecule has 0 bridgehead atoms. The van der Waals surface area contributed by atoms with Crippen molar-refractivity contribution < 1.29 is 22.7 Å². The Labute approximate surface area is 160 Å². The average molecular weight is 389 g/mol. The molecule has 0 radical (unpaired) electrons. The monoisotopic (exact) mass is 389 g/mol. The van der Waals surface area contributed by atoms with Gasteiger partial charge in [0.05, 0.1) is 17.2 Å². The van der Waals surface area contributed by atoms with E-state index in [4.69, 9.17) is 0 Å². The van der Waals surface area contributed by atoms with Crippen LogP contribution >= 0.6 is 0 Å². The third kappa shape index (κ3) is 4.36. The summed E-state index contributed by atoms with van der Waals surface area (Å²) >= 11 is 0. The molecule has 0 aromatic heterocycles. The molecule has 1 aliphatic rings. The van der Waals surface area contributed by atoms with Gasteiger partial charge in [-0.2, -0.15) is 5.26 Å². The number of ether oxygens (including phenoxy) is 1. The number of urea groups is 1. The summed E-state index contributed by atoms with van der Waals surface area (Å²) in [4.78, 5) is 14.0. The second-order valence-corrected chi connectivity index (χ2v) is 6.52. The number of piperidine rings is 1. The van der Waals surface area contributed by atoms with Gasteiger partial charge in [-0.05, 0) is 30.5 Å². The van der Waals surface area contributed by atoms with Gasteiger partial charge in [-0.25, -0.2) is 4.79 Å². The maximum absolute atomic E-state index is 12.5. The SMILES string of the molecule is N#CC1(c2ccccc2)CCN(C(=O)Nc2ccccc2OC(F)(F)F)CC1. The number of nitriles is 1. The van der Waals surface area contributed by atoms with E-state index in [0.717, 1.165) is 11.6 Å². The molecule has 8 heteroatoms. The van der Waals surface area contributed by atoms with Gasteiger partial charge in [-0.3, -0.25) is 0 Å². The van der Waals surface area contributed by atoms with Crippen LogP contribution in [0.2, 0.25) is 0 Å². The second kappa shape index (κ2) is 7.80. The van der Waals surface area contributed by atoms with E-state index in [1.165, 1.54) is 23.1 Å². The summed E-state index contributed by atoms with van der Waals surface area (Å²) < 4.78 is 41.5. The fourth-order valence-corrected chi connectivity index (χ4v) is 3.29. The predicted octanol–water partition coefficient (Wildman–Crippen LogP) is 4.67. The number of halogens is 3. The topological polar surface area (TPSA) is 65.4 Å². The maximum atomic E-state index is 12.5. The molecule has 5 nitrogen and oxygen atoms in total. The molecule has 2 aromatic carbocycles. The number of likely N-dealkylation sites (tertiary alicyclic amines) is 1. The Morgan fingerprint density at radius 2 is 1.68 bits per heavy atom. The highest BCUT2D eigenvalue weighted by atomic mass is 19.4. The van der Waals surface area contributed by atoms with Crippen molar-refractivity contribution in [3.05, 3.63) is 60.2 Å². The van der Waals surface area contributed by atoms with Crippen molar-refractivity contribution in [2.24, 2.45) is 0 Å². The van der Waals surface area contributed by atoms with Gasteiger partial charge in [0.2, 0.25) is 0 Å². The van der Waals surface area contributed by atoms with Crippen LogP contribution in [0.5, 0.6) is 5.75 Å². The van der Waals surface area contributed by atoms with Gasteiger partial charge in [0.25, 0.3) is 0 Å². The third-order valence-electron chi connectivity index (χ3n) is 4.80. The van der Waals surface area contributed by atoms with E-state index in [9.17, 15) is 23.2 Å². The quantitative estimate of drug-likeness (QED) is 0.829. The van der Waals surface area contributed by atoms with E-state index >= 15 is 0 Å². The van der Waals surface area contributed by atoms with Gasteiger partial charge in [-0.1, -0.05) is 42.5 Å². The maximum Gasteiger partial charge on any atom is 0.573 e. The molecule has 146 valence electrons. The molecule has 1 N–H and O–H groups in total. The van der Waals surface area contributed by atoms with Crippen molar-refractivity contribution in [2.75, 3.05) is 18.4 Å². The van der Waals surface area contributed by atoms with Gasteiger partial charge in [0.15, 0.2) is 5.75 Å². The fraction of sp³-hybridized carbons (Fsp3) is 0.300. The lowest BCUT2D eigenvalue weighted by Crippen LogP contribution is -2.46. The van der Waals surface area contributed by atoms with Crippen LogP contribution in [-0.4, -0.2) is 30.4 Å². The molecule has 0 aliphatic carbocycles. The zero-order valence-corrected chi connectivity index (χ0v) is 14.9. The second-order valence-electron chi connectivity index (χ2n) is 6.52. The minimum atomic E-state index is -4.85. The number of hydrogen-bond donors (Lipinski definition) is 1. The molecule has 28 heavy (non-hydrogen) atoms. The molecule has 3 rings (SSSR count). The van der Waals surface area contributed by atoms with Gasteiger partial charge >= 0.3 is 12.4 Å². The van der Waals surface area contributed by atoms with Crippen molar-refractivity contribution in [3.63, 3.8) is 0 Å². The Bertz CT molecular complexity index is 870. The number of alkyl halides is 3. The largest absolute Gasteiger partial charge is 0.573 e. The highest BCUT2D eigenvalue weighted by Crippen LogP contribution is 2.35. The number of benzene rings is 2. The molecular weight excluding hydrogens is 371 g/mol. The Balaban J connectivity index is 1.68. The van der Waals surface area contributed by atoms with Crippen molar-refractivity contribution in [2.45, 2.75) is 24.6 Å². The summed E-state index contributed by atoms with van der Waals surface area (Å²) in [7, 11) is 0. The van der Waals surface area contributed by atoms with Crippen LogP contribution in [-0.2, 0) is 5.41 Å². The number of amides is 2. The van der Waals surface area contributed by atoms with Crippen molar-refractivity contribution >= 4 is 11.7 Å². The molecule has 2 amide bonds. The number of carbonyl (C=O) groups excluding carboxylic acids is 1. The molecule has 0 saturated carbocycles.